The average molecular weight is 462 g/mol. The van der Waals surface area contributed by atoms with E-state index in [2.05, 4.69) is 10.4 Å². The highest BCUT2D eigenvalue weighted by Crippen LogP contribution is 2.28. The summed E-state index contributed by atoms with van der Waals surface area (Å²) in [5.74, 6) is 1.76. The molecule has 3 aliphatic rings. The number of nitrogens with one attached hydrogen (secondary N) is 1. The first-order valence-electron chi connectivity index (χ1n) is 11.3. The lowest BCUT2D eigenvalue weighted by Crippen LogP contribution is -2.42. The van der Waals surface area contributed by atoms with Crippen molar-refractivity contribution in [3.05, 3.63) is 40.5 Å². The lowest BCUT2D eigenvalue weighted by molar-refractivity contribution is -0.0129. The van der Waals surface area contributed by atoms with Gasteiger partial charge in [-0.3, -0.25) is 4.79 Å². The van der Waals surface area contributed by atoms with E-state index in [9.17, 15) is 4.79 Å². The summed E-state index contributed by atoms with van der Waals surface area (Å²) in [5.41, 5.74) is 1.34. The Morgan fingerprint density at radius 2 is 2.09 bits per heavy atom. The molecular weight excluding hydrogens is 434 g/mol. The molecule has 1 unspecified atom stereocenters. The Balaban J connectivity index is 1.13. The standard InChI is InChI=1S/C23H28ClN3O5/c24-17-1-2-21-16(9-17)10-18(13-31-21)25-23(28)20-11-22-27(26-20)6-3-19(32-22)14-30-12-15-4-7-29-8-5-15/h1-2,9,11,15,18-19H,3-8,10,12-14H2,(H,25,28)/t18-,19?/m1/s1. The second kappa shape index (κ2) is 9.68. The van der Waals surface area contributed by atoms with Gasteiger partial charge in [0.05, 0.1) is 12.6 Å². The van der Waals surface area contributed by atoms with Crippen LogP contribution in [-0.4, -0.2) is 60.9 Å². The molecule has 2 atom stereocenters. The molecule has 1 aromatic carbocycles. The number of aryl methyl sites for hydroxylation is 1. The molecule has 0 bridgehead atoms. The van der Waals surface area contributed by atoms with E-state index in [1.54, 1.807) is 16.8 Å². The van der Waals surface area contributed by atoms with Crippen molar-refractivity contribution >= 4 is 17.5 Å². The molecule has 5 rings (SSSR count). The monoisotopic (exact) mass is 461 g/mol. The maximum atomic E-state index is 12.8. The minimum Gasteiger partial charge on any atom is -0.491 e. The maximum Gasteiger partial charge on any atom is 0.272 e. The topological polar surface area (TPSA) is 83.8 Å². The van der Waals surface area contributed by atoms with Gasteiger partial charge in [0, 0.05) is 43.9 Å². The van der Waals surface area contributed by atoms with Crippen molar-refractivity contribution in [3.8, 4) is 11.6 Å². The number of rotatable bonds is 6. The molecule has 0 spiro atoms. The van der Waals surface area contributed by atoms with E-state index in [0.717, 1.165) is 50.4 Å². The summed E-state index contributed by atoms with van der Waals surface area (Å²) in [6.45, 7) is 4.05. The number of nitrogens with zero attached hydrogens (tertiary/aromatic N) is 2. The Hall–Kier alpha value is -2.29. The molecule has 1 amide bonds. The highest BCUT2D eigenvalue weighted by Gasteiger charge is 2.27. The summed E-state index contributed by atoms with van der Waals surface area (Å²) in [6.07, 6.45) is 3.56. The van der Waals surface area contributed by atoms with Gasteiger partial charge in [-0.15, -0.1) is 0 Å². The lowest BCUT2D eigenvalue weighted by Gasteiger charge is -2.26. The third kappa shape index (κ3) is 5.03. The highest BCUT2D eigenvalue weighted by atomic mass is 35.5. The van der Waals surface area contributed by atoms with E-state index < -0.39 is 0 Å². The molecule has 8 nitrogen and oxygen atoms in total. The first kappa shape index (κ1) is 21.6. The van der Waals surface area contributed by atoms with Crippen molar-refractivity contribution in [3.63, 3.8) is 0 Å². The van der Waals surface area contributed by atoms with E-state index in [-0.39, 0.29) is 18.1 Å². The van der Waals surface area contributed by atoms with Crippen molar-refractivity contribution in [1.82, 2.24) is 15.1 Å². The number of hydrogen-bond acceptors (Lipinski definition) is 6. The predicted octanol–water partition coefficient (Wildman–Crippen LogP) is 2.86. The molecule has 32 heavy (non-hydrogen) atoms. The molecular formula is C23H28ClN3O5. The number of ether oxygens (including phenoxy) is 4. The summed E-state index contributed by atoms with van der Waals surface area (Å²) in [7, 11) is 0. The molecule has 9 heteroatoms. The minimum atomic E-state index is -0.234. The largest absolute Gasteiger partial charge is 0.491 e. The molecule has 1 aromatic heterocycles. The third-order valence-electron chi connectivity index (χ3n) is 6.19. The zero-order valence-electron chi connectivity index (χ0n) is 17.9. The first-order valence-corrected chi connectivity index (χ1v) is 11.6. The number of carbonyl (C=O) groups excluding carboxylic acids is 1. The van der Waals surface area contributed by atoms with Crippen molar-refractivity contribution in [2.45, 2.75) is 44.4 Å². The number of fused-ring (bicyclic) bond motifs is 2. The molecule has 2 aromatic rings. The number of aromatic nitrogens is 2. The quantitative estimate of drug-likeness (QED) is 0.712. The molecule has 1 fully saturated rings. The van der Waals surface area contributed by atoms with Crippen molar-refractivity contribution < 1.29 is 23.7 Å². The van der Waals surface area contributed by atoms with Gasteiger partial charge in [-0.05, 0) is 48.9 Å². The van der Waals surface area contributed by atoms with Crippen LogP contribution in [-0.2, 0) is 22.4 Å². The van der Waals surface area contributed by atoms with Crippen LogP contribution < -0.4 is 14.8 Å². The van der Waals surface area contributed by atoms with Crippen LogP contribution in [0.15, 0.2) is 24.3 Å². The summed E-state index contributed by atoms with van der Waals surface area (Å²) in [6, 6.07) is 7.11. The van der Waals surface area contributed by atoms with Gasteiger partial charge in [0.1, 0.15) is 18.5 Å². The smallest absolute Gasteiger partial charge is 0.272 e. The molecule has 3 aliphatic heterocycles. The maximum absolute atomic E-state index is 12.8. The molecule has 4 heterocycles. The van der Waals surface area contributed by atoms with Crippen LogP contribution in [0.3, 0.4) is 0 Å². The second-order valence-corrected chi connectivity index (χ2v) is 9.09. The predicted molar refractivity (Wildman–Crippen MR) is 118 cm³/mol. The minimum absolute atomic E-state index is 0.0250. The van der Waals surface area contributed by atoms with E-state index in [0.29, 0.717) is 48.7 Å². The van der Waals surface area contributed by atoms with E-state index in [4.69, 9.17) is 30.5 Å². The zero-order valence-corrected chi connectivity index (χ0v) is 18.7. The van der Waals surface area contributed by atoms with Crippen LogP contribution in [0.2, 0.25) is 5.02 Å². The molecule has 172 valence electrons. The molecule has 0 saturated carbocycles. The molecule has 0 aliphatic carbocycles. The summed E-state index contributed by atoms with van der Waals surface area (Å²) >= 11 is 6.08. The Kier molecular flexibility index (Phi) is 6.52. The van der Waals surface area contributed by atoms with Crippen LogP contribution in [0.25, 0.3) is 0 Å². The van der Waals surface area contributed by atoms with Gasteiger partial charge in [0.25, 0.3) is 5.91 Å². The van der Waals surface area contributed by atoms with Crippen molar-refractivity contribution in [2.75, 3.05) is 33.0 Å². The Bertz CT molecular complexity index is 959. The Labute approximate surface area is 192 Å². The SMILES string of the molecule is O=C(N[C@H]1COc2ccc(Cl)cc2C1)c1cc2n(n1)CCC(COCC1CCOCC1)O2. The normalized spacial score (nSPS) is 22.9. The van der Waals surface area contributed by atoms with Crippen molar-refractivity contribution in [2.24, 2.45) is 5.92 Å². The van der Waals surface area contributed by atoms with E-state index >= 15 is 0 Å². The number of amides is 1. The highest BCUT2D eigenvalue weighted by molar-refractivity contribution is 6.30. The van der Waals surface area contributed by atoms with Gasteiger partial charge in [-0.2, -0.15) is 5.10 Å². The van der Waals surface area contributed by atoms with Gasteiger partial charge >= 0.3 is 0 Å². The van der Waals surface area contributed by atoms with Crippen LogP contribution in [0.1, 0.15) is 35.3 Å². The van der Waals surface area contributed by atoms with E-state index in [1.807, 2.05) is 12.1 Å². The zero-order chi connectivity index (χ0) is 21.9. The fraction of sp³-hybridized carbons (Fsp3) is 0.565. The number of carbonyl (C=O) groups is 1. The van der Waals surface area contributed by atoms with Gasteiger partial charge in [0.2, 0.25) is 5.88 Å². The summed E-state index contributed by atoms with van der Waals surface area (Å²) < 4.78 is 24.8. The Morgan fingerprint density at radius 3 is 2.97 bits per heavy atom. The fourth-order valence-corrected chi connectivity index (χ4v) is 4.57. The average Bonchev–Trinajstić information content (AvgIpc) is 3.23. The molecule has 1 N–H and O–H groups in total. The Morgan fingerprint density at radius 1 is 1.22 bits per heavy atom. The summed E-state index contributed by atoms with van der Waals surface area (Å²) in [5, 5.41) is 8.10. The number of halogens is 1. The van der Waals surface area contributed by atoms with Gasteiger partial charge in [0.15, 0.2) is 5.69 Å². The van der Waals surface area contributed by atoms with Crippen LogP contribution in [0, 0.1) is 5.92 Å². The molecule has 0 radical (unpaired) electrons. The third-order valence-corrected chi connectivity index (χ3v) is 6.42. The van der Waals surface area contributed by atoms with Crippen LogP contribution in [0.4, 0.5) is 0 Å². The lowest BCUT2D eigenvalue weighted by atomic mass is 10.0. The van der Waals surface area contributed by atoms with E-state index in [1.165, 1.54) is 0 Å². The van der Waals surface area contributed by atoms with Gasteiger partial charge in [-0.1, -0.05) is 11.6 Å². The van der Waals surface area contributed by atoms with Gasteiger partial charge < -0.3 is 24.3 Å². The second-order valence-electron chi connectivity index (χ2n) is 8.65. The molecule has 1 saturated heterocycles. The van der Waals surface area contributed by atoms with Crippen LogP contribution in [0.5, 0.6) is 11.6 Å². The number of hydrogen-bond donors (Lipinski definition) is 1. The fourth-order valence-electron chi connectivity index (χ4n) is 4.37. The van der Waals surface area contributed by atoms with Crippen molar-refractivity contribution in [1.29, 1.82) is 0 Å². The van der Waals surface area contributed by atoms with Gasteiger partial charge in [-0.25, -0.2) is 4.68 Å². The number of benzene rings is 1. The first-order chi connectivity index (χ1) is 15.6. The van der Waals surface area contributed by atoms with Crippen LogP contribution >= 0.6 is 11.6 Å². The summed E-state index contributed by atoms with van der Waals surface area (Å²) in [4.78, 5) is 12.8.